The number of carbonyl (C=O) groups is 2. The van der Waals surface area contributed by atoms with Crippen LogP contribution in [0.1, 0.15) is 30.6 Å². The molecule has 2 N–H and O–H groups in total. The molecule has 1 heterocycles. The molecule has 0 radical (unpaired) electrons. The average molecular weight is 246 g/mol. The molecule has 0 spiro atoms. The Hall–Kier alpha value is -1.68. The predicted molar refractivity (Wildman–Crippen MR) is 70.6 cm³/mol. The largest absolute Gasteiger partial charge is 0.326 e. The van der Waals surface area contributed by atoms with Crippen molar-refractivity contribution >= 4 is 17.4 Å². The van der Waals surface area contributed by atoms with Crippen molar-refractivity contribution in [3.05, 3.63) is 29.8 Å². The van der Waals surface area contributed by atoms with E-state index in [0.29, 0.717) is 11.3 Å². The monoisotopic (exact) mass is 246 g/mol. The second-order valence-corrected chi connectivity index (χ2v) is 4.76. The molecule has 1 aliphatic rings. The molecule has 96 valence electrons. The molecule has 2 unspecified atom stereocenters. The van der Waals surface area contributed by atoms with Gasteiger partial charge in [-0.2, -0.15) is 0 Å². The third kappa shape index (κ3) is 2.76. The Bertz CT molecular complexity index is 471. The number of carbonyl (C=O) groups excluding carboxylic acids is 2. The van der Waals surface area contributed by atoms with Gasteiger partial charge in [0.05, 0.1) is 5.92 Å². The van der Waals surface area contributed by atoms with Crippen LogP contribution in [0.2, 0.25) is 0 Å². The molecule has 0 bridgehead atoms. The second kappa shape index (κ2) is 5.31. The van der Waals surface area contributed by atoms with Crippen LogP contribution in [0, 0.1) is 5.92 Å². The van der Waals surface area contributed by atoms with Crippen LogP contribution in [0.3, 0.4) is 0 Å². The minimum Gasteiger partial charge on any atom is -0.326 e. The van der Waals surface area contributed by atoms with E-state index in [4.69, 9.17) is 0 Å². The molecule has 1 aliphatic heterocycles. The van der Waals surface area contributed by atoms with Crippen molar-refractivity contribution in [3.63, 3.8) is 0 Å². The van der Waals surface area contributed by atoms with Crippen molar-refractivity contribution in [3.8, 4) is 0 Å². The lowest BCUT2D eigenvalue weighted by Gasteiger charge is -2.15. The van der Waals surface area contributed by atoms with E-state index in [-0.39, 0.29) is 23.7 Å². The highest BCUT2D eigenvalue weighted by atomic mass is 16.2. The van der Waals surface area contributed by atoms with Crippen molar-refractivity contribution in [2.45, 2.75) is 26.3 Å². The first-order valence-electron chi connectivity index (χ1n) is 6.23. The van der Waals surface area contributed by atoms with Crippen molar-refractivity contribution in [2.24, 2.45) is 5.92 Å². The topological polar surface area (TPSA) is 58.2 Å². The lowest BCUT2D eigenvalue weighted by atomic mass is 10.0. The summed E-state index contributed by atoms with van der Waals surface area (Å²) < 4.78 is 0. The fourth-order valence-electron chi connectivity index (χ4n) is 2.27. The number of rotatable bonds is 3. The van der Waals surface area contributed by atoms with Crippen LogP contribution in [0.15, 0.2) is 24.3 Å². The Morgan fingerprint density at radius 2 is 2.17 bits per heavy atom. The van der Waals surface area contributed by atoms with E-state index in [0.717, 1.165) is 13.0 Å². The maximum absolute atomic E-state index is 12.1. The maximum atomic E-state index is 12.1. The van der Waals surface area contributed by atoms with Gasteiger partial charge in [-0.25, -0.2) is 0 Å². The molecule has 2 atom stereocenters. The van der Waals surface area contributed by atoms with Crippen molar-refractivity contribution < 1.29 is 9.59 Å². The zero-order valence-corrected chi connectivity index (χ0v) is 10.7. The van der Waals surface area contributed by atoms with Gasteiger partial charge in [-0.1, -0.05) is 12.1 Å². The zero-order chi connectivity index (χ0) is 13.1. The molecule has 0 aromatic heterocycles. The fourth-order valence-corrected chi connectivity index (χ4v) is 2.27. The Morgan fingerprint density at radius 3 is 2.78 bits per heavy atom. The quantitative estimate of drug-likeness (QED) is 0.800. The van der Waals surface area contributed by atoms with Gasteiger partial charge in [0, 0.05) is 17.3 Å². The summed E-state index contributed by atoms with van der Waals surface area (Å²) in [5, 5.41) is 6.13. The summed E-state index contributed by atoms with van der Waals surface area (Å²) in [7, 11) is 0. The number of Topliss-reactive ketones (excluding diaryl/α,β-unsaturated/α-hetero) is 1. The number of hydrogen-bond acceptors (Lipinski definition) is 3. The minimum atomic E-state index is 0.00185. The van der Waals surface area contributed by atoms with Crippen LogP contribution in [0.4, 0.5) is 5.69 Å². The Labute approximate surface area is 107 Å². The molecule has 0 saturated carbocycles. The van der Waals surface area contributed by atoms with Gasteiger partial charge < -0.3 is 10.6 Å². The molecule has 1 aromatic carbocycles. The number of ketones is 1. The summed E-state index contributed by atoms with van der Waals surface area (Å²) in [4.78, 5) is 23.3. The molecule has 1 amide bonds. The van der Waals surface area contributed by atoms with Gasteiger partial charge in [-0.15, -0.1) is 0 Å². The van der Waals surface area contributed by atoms with E-state index in [1.54, 1.807) is 24.3 Å². The molecule has 0 aliphatic carbocycles. The van der Waals surface area contributed by atoms with Crippen LogP contribution in [0.25, 0.3) is 0 Å². The highest BCUT2D eigenvalue weighted by Gasteiger charge is 2.29. The maximum Gasteiger partial charge on any atom is 0.229 e. The summed E-state index contributed by atoms with van der Waals surface area (Å²) in [5.74, 6) is 0.0289. The van der Waals surface area contributed by atoms with Gasteiger partial charge in [0.25, 0.3) is 0 Å². The van der Waals surface area contributed by atoms with Gasteiger partial charge in [-0.05, 0) is 38.9 Å². The highest BCUT2D eigenvalue weighted by Crippen LogP contribution is 2.18. The summed E-state index contributed by atoms with van der Waals surface area (Å²) in [6, 6.07) is 7.26. The normalized spacial score (nSPS) is 22.8. The Kier molecular flexibility index (Phi) is 3.77. The van der Waals surface area contributed by atoms with Gasteiger partial charge in [0.2, 0.25) is 5.91 Å². The van der Waals surface area contributed by atoms with E-state index < -0.39 is 0 Å². The van der Waals surface area contributed by atoms with Gasteiger partial charge >= 0.3 is 0 Å². The SMILES string of the molecule is CC(=O)c1cccc(NC(=O)C2CCNC2C)c1. The molecule has 1 saturated heterocycles. The second-order valence-electron chi connectivity index (χ2n) is 4.76. The molecular weight excluding hydrogens is 228 g/mol. The van der Waals surface area contributed by atoms with Gasteiger partial charge in [-0.3, -0.25) is 9.59 Å². The van der Waals surface area contributed by atoms with Crippen molar-refractivity contribution in [2.75, 3.05) is 11.9 Å². The number of nitrogens with one attached hydrogen (secondary N) is 2. The molecule has 1 aromatic rings. The summed E-state index contributed by atoms with van der Waals surface area (Å²) in [5.41, 5.74) is 1.30. The first kappa shape index (κ1) is 12.8. The predicted octanol–water partition coefficient (Wildman–Crippen LogP) is 1.83. The smallest absolute Gasteiger partial charge is 0.229 e. The van der Waals surface area contributed by atoms with Crippen molar-refractivity contribution in [1.82, 2.24) is 5.32 Å². The van der Waals surface area contributed by atoms with E-state index in [2.05, 4.69) is 10.6 Å². The molecule has 4 nitrogen and oxygen atoms in total. The summed E-state index contributed by atoms with van der Waals surface area (Å²) >= 11 is 0. The number of amides is 1. The lowest BCUT2D eigenvalue weighted by molar-refractivity contribution is -0.120. The van der Waals surface area contributed by atoms with Gasteiger partial charge in [0.1, 0.15) is 0 Å². The Morgan fingerprint density at radius 1 is 1.39 bits per heavy atom. The zero-order valence-electron chi connectivity index (χ0n) is 10.7. The number of hydrogen-bond donors (Lipinski definition) is 2. The van der Waals surface area contributed by atoms with E-state index >= 15 is 0 Å². The van der Waals surface area contributed by atoms with Crippen LogP contribution >= 0.6 is 0 Å². The molecular formula is C14H18N2O2. The average Bonchev–Trinajstić information content (AvgIpc) is 2.76. The lowest BCUT2D eigenvalue weighted by Crippen LogP contribution is -2.32. The first-order valence-corrected chi connectivity index (χ1v) is 6.23. The van der Waals surface area contributed by atoms with Crippen LogP contribution in [0.5, 0.6) is 0 Å². The minimum absolute atomic E-state index is 0.00185. The Balaban J connectivity index is 2.07. The molecule has 4 heteroatoms. The van der Waals surface area contributed by atoms with E-state index in [9.17, 15) is 9.59 Å². The third-order valence-corrected chi connectivity index (χ3v) is 3.40. The highest BCUT2D eigenvalue weighted by molar-refractivity contribution is 5.97. The first-order chi connectivity index (χ1) is 8.58. The third-order valence-electron chi connectivity index (χ3n) is 3.40. The van der Waals surface area contributed by atoms with E-state index in [1.165, 1.54) is 6.92 Å². The van der Waals surface area contributed by atoms with Crippen LogP contribution in [-0.4, -0.2) is 24.3 Å². The number of anilines is 1. The van der Waals surface area contributed by atoms with Crippen molar-refractivity contribution in [1.29, 1.82) is 0 Å². The molecule has 1 fully saturated rings. The molecule has 2 rings (SSSR count). The fraction of sp³-hybridized carbons (Fsp3) is 0.429. The van der Waals surface area contributed by atoms with Gasteiger partial charge in [0.15, 0.2) is 5.78 Å². The standard InChI is InChI=1S/C14H18N2O2/c1-9-13(6-7-15-9)14(18)16-12-5-3-4-11(8-12)10(2)17/h3-5,8-9,13,15H,6-7H2,1-2H3,(H,16,18). The van der Waals surface area contributed by atoms with E-state index in [1.807, 2.05) is 6.92 Å². The molecule has 18 heavy (non-hydrogen) atoms. The number of benzene rings is 1. The van der Waals surface area contributed by atoms with Crippen LogP contribution < -0.4 is 10.6 Å². The summed E-state index contributed by atoms with van der Waals surface area (Å²) in [6.45, 7) is 4.42. The van der Waals surface area contributed by atoms with Crippen LogP contribution in [-0.2, 0) is 4.79 Å². The summed E-state index contributed by atoms with van der Waals surface area (Å²) in [6.07, 6.45) is 0.861.